The van der Waals surface area contributed by atoms with Gasteiger partial charge in [-0.3, -0.25) is 9.59 Å². The highest BCUT2D eigenvalue weighted by molar-refractivity contribution is 9.10. The molecule has 0 N–H and O–H groups in total. The van der Waals surface area contributed by atoms with Gasteiger partial charge >= 0.3 is 0 Å². The highest BCUT2D eigenvalue weighted by Crippen LogP contribution is 2.28. The SMILES string of the molecule is O=C(c1ccccc1)N(C(=O)c1ccc(OCC2CO2)cc1Br)c1ccccc1. The van der Waals surface area contributed by atoms with Gasteiger partial charge in [0.15, 0.2) is 0 Å². The standard InChI is InChI=1S/C23H18BrNO4/c24-21-13-18(28-14-19-15-29-19)11-12-20(21)23(27)25(17-9-5-2-6-10-17)22(26)16-7-3-1-4-8-16/h1-13,19H,14-15H2. The third-order valence-corrected chi connectivity index (χ3v) is 5.11. The number of para-hydroxylation sites is 1. The van der Waals surface area contributed by atoms with Crippen molar-refractivity contribution in [1.29, 1.82) is 0 Å². The maximum atomic E-state index is 13.4. The maximum absolute atomic E-state index is 13.4. The smallest absolute Gasteiger partial charge is 0.266 e. The molecule has 1 fully saturated rings. The Morgan fingerprint density at radius 3 is 2.24 bits per heavy atom. The molecule has 1 heterocycles. The lowest BCUT2D eigenvalue weighted by molar-refractivity contribution is 0.0897. The van der Waals surface area contributed by atoms with Crippen LogP contribution in [-0.2, 0) is 4.74 Å². The van der Waals surface area contributed by atoms with Crippen LogP contribution in [-0.4, -0.2) is 31.1 Å². The minimum absolute atomic E-state index is 0.146. The summed E-state index contributed by atoms with van der Waals surface area (Å²) in [6, 6.07) is 22.7. The molecule has 5 nitrogen and oxygen atoms in total. The molecule has 1 saturated heterocycles. The summed E-state index contributed by atoms with van der Waals surface area (Å²) in [5, 5.41) is 0. The van der Waals surface area contributed by atoms with E-state index in [2.05, 4.69) is 15.9 Å². The van der Waals surface area contributed by atoms with Crippen LogP contribution in [0.4, 0.5) is 5.69 Å². The van der Waals surface area contributed by atoms with Gasteiger partial charge in [0, 0.05) is 10.0 Å². The number of carbonyl (C=O) groups excluding carboxylic acids is 2. The number of hydrogen-bond acceptors (Lipinski definition) is 4. The van der Waals surface area contributed by atoms with E-state index in [1.54, 1.807) is 66.7 Å². The zero-order valence-electron chi connectivity index (χ0n) is 15.5. The number of rotatable bonds is 6. The van der Waals surface area contributed by atoms with Gasteiger partial charge in [-0.1, -0.05) is 36.4 Å². The zero-order valence-corrected chi connectivity index (χ0v) is 17.0. The Labute approximate surface area is 177 Å². The van der Waals surface area contributed by atoms with Crippen LogP contribution in [0.15, 0.2) is 83.3 Å². The van der Waals surface area contributed by atoms with Crippen LogP contribution in [0.2, 0.25) is 0 Å². The third-order valence-electron chi connectivity index (χ3n) is 4.45. The third kappa shape index (κ3) is 4.55. The number of imide groups is 1. The molecule has 29 heavy (non-hydrogen) atoms. The number of benzene rings is 3. The second kappa shape index (κ2) is 8.59. The number of ether oxygens (including phenoxy) is 2. The normalized spacial score (nSPS) is 14.9. The molecule has 0 saturated carbocycles. The summed E-state index contributed by atoms with van der Waals surface area (Å²) in [6.45, 7) is 1.19. The molecule has 1 unspecified atom stereocenters. The van der Waals surface area contributed by atoms with Crippen LogP contribution in [0, 0.1) is 0 Å². The minimum Gasteiger partial charge on any atom is -0.491 e. The Hall–Kier alpha value is -2.96. The molecule has 3 aromatic carbocycles. The van der Waals surface area contributed by atoms with Crippen molar-refractivity contribution in [3.05, 3.63) is 94.5 Å². The first-order valence-corrected chi connectivity index (χ1v) is 9.95. The molecule has 1 aliphatic heterocycles. The quantitative estimate of drug-likeness (QED) is 0.402. The molecule has 146 valence electrons. The Balaban J connectivity index is 1.65. The summed E-state index contributed by atoms with van der Waals surface area (Å²) >= 11 is 3.45. The Kier molecular flexibility index (Phi) is 5.74. The van der Waals surface area contributed by atoms with E-state index in [-0.39, 0.29) is 12.0 Å². The van der Waals surface area contributed by atoms with Crippen molar-refractivity contribution in [3.8, 4) is 5.75 Å². The predicted octanol–water partition coefficient (Wildman–Crippen LogP) is 4.71. The lowest BCUT2D eigenvalue weighted by Crippen LogP contribution is -2.37. The topological polar surface area (TPSA) is 59.1 Å². The van der Waals surface area contributed by atoms with E-state index in [4.69, 9.17) is 9.47 Å². The minimum atomic E-state index is -0.422. The van der Waals surface area contributed by atoms with Gasteiger partial charge in [0.25, 0.3) is 11.8 Å². The highest BCUT2D eigenvalue weighted by Gasteiger charge is 2.28. The van der Waals surface area contributed by atoms with Gasteiger partial charge in [-0.15, -0.1) is 0 Å². The van der Waals surface area contributed by atoms with E-state index in [9.17, 15) is 9.59 Å². The van der Waals surface area contributed by atoms with Crippen molar-refractivity contribution in [2.75, 3.05) is 18.1 Å². The fraction of sp³-hybridized carbons (Fsp3) is 0.130. The first kappa shape index (κ1) is 19.4. The fourth-order valence-electron chi connectivity index (χ4n) is 2.85. The second-order valence-electron chi connectivity index (χ2n) is 6.56. The van der Waals surface area contributed by atoms with E-state index >= 15 is 0 Å². The Morgan fingerprint density at radius 1 is 0.966 bits per heavy atom. The Morgan fingerprint density at radius 2 is 1.62 bits per heavy atom. The van der Waals surface area contributed by atoms with Crippen LogP contribution in [0.25, 0.3) is 0 Å². The molecule has 1 atom stereocenters. The summed E-state index contributed by atoms with van der Waals surface area (Å²) in [4.78, 5) is 27.7. The van der Waals surface area contributed by atoms with Crippen molar-refractivity contribution in [1.82, 2.24) is 0 Å². The number of halogens is 1. The predicted molar refractivity (Wildman–Crippen MR) is 113 cm³/mol. The number of hydrogen-bond donors (Lipinski definition) is 0. The first-order chi connectivity index (χ1) is 14.1. The first-order valence-electron chi connectivity index (χ1n) is 9.16. The van der Waals surface area contributed by atoms with Gasteiger partial charge < -0.3 is 9.47 Å². The number of amides is 2. The van der Waals surface area contributed by atoms with E-state index in [1.165, 1.54) is 4.90 Å². The van der Waals surface area contributed by atoms with E-state index in [0.29, 0.717) is 40.3 Å². The highest BCUT2D eigenvalue weighted by atomic mass is 79.9. The van der Waals surface area contributed by atoms with Crippen LogP contribution in [0.1, 0.15) is 20.7 Å². The molecular weight excluding hydrogens is 434 g/mol. The number of anilines is 1. The van der Waals surface area contributed by atoms with Crippen LogP contribution < -0.4 is 9.64 Å². The van der Waals surface area contributed by atoms with Crippen molar-refractivity contribution in [2.45, 2.75) is 6.10 Å². The van der Waals surface area contributed by atoms with Gasteiger partial charge in [-0.05, 0) is 58.4 Å². The molecule has 0 bridgehead atoms. The largest absolute Gasteiger partial charge is 0.491 e. The maximum Gasteiger partial charge on any atom is 0.266 e. The molecule has 0 radical (unpaired) electrons. The summed E-state index contributed by atoms with van der Waals surface area (Å²) in [5.41, 5.74) is 1.31. The Bertz CT molecular complexity index is 1020. The molecule has 2 amide bonds. The van der Waals surface area contributed by atoms with E-state index in [0.717, 1.165) is 0 Å². The molecule has 3 aromatic rings. The summed E-state index contributed by atoms with van der Waals surface area (Å²) in [7, 11) is 0. The monoisotopic (exact) mass is 451 g/mol. The van der Waals surface area contributed by atoms with Gasteiger partial charge in [0.05, 0.1) is 17.9 Å². The van der Waals surface area contributed by atoms with Crippen LogP contribution in [0.5, 0.6) is 5.75 Å². The van der Waals surface area contributed by atoms with E-state index in [1.807, 2.05) is 12.1 Å². The summed E-state index contributed by atoms with van der Waals surface area (Å²) in [6.07, 6.45) is 0.146. The molecule has 6 heteroatoms. The molecule has 0 aromatic heterocycles. The van der Waals surface area contributed by atoms with Gasteiger partial charge in [-0.2, -0.15) is 0 Å². The molecule has 1 aliphatic rings. The van der Waals surface area contributed by atoms with Crippen molar-refractivity contribution in [2.24, 2.45) is 0 Å². The molecule has 4 rings (SSSR count). The number of carbonyl (C=O) groups is 2. The zero-order chi connectivity index (χ0) is 20.2. The van der Waals surface area contributed by atoms with Crippen LogP contribution in [0.3, 0.4) is 0 Å². The van der Waals surface area contributed by atoms with Crippen molar-refractivity contribution < 1.29 is 19.1 Å². The van der Waals surface area contributed by atoms with Crippen LogP contribution >= 0.6 is 15.9 Å². The fourth-order valence-corrected chi connectivity index (χ4v) is 3.37. The molecule has 0 aliphatic carbocycles. The number of epoxide rings is 1. The summed E-state index contributed by atoms with van der Waals surface area (Å²) in [5.74, 6) is -0.182. The van der Waals surface area contributed by atoms with E-state index < -0.39 is 5.91 Å². The summed E-state index contributed by atoms with van der Waals surface area (Å²) < 4.78 is 11.4. The lowest BCUT2D eigenvalue weighted by atomic mass is 10.1. The molecular formula is C23H18BrNO4. The van der Waals surface area contributed by atoms with Crippen molar-refractivity contribution in [3.63, 3.8) is 0 Å². The average molecular weight is 452 g/mol. The lowest BCUT2D eigenvalue weighted by Gasteiger charge is -2.22. The van der Waals surface area contributed by atoms with Crippen molar-refractivity contribution >= 4 is 33.4 Å². The van der Waals surface area contributed by atoms with Gasteiger partial charge in [-0.25, -0.2) is 4.90 Å². The second-order valence-corrected chi connectivity index (χ2v) is 7.41. The molecule has 0 spiro atoms. The van der Waals surface area contributed by atoms with Gasteiger partial charge in [0.1, 0.15) is 18.5 Å². The van der Waals surface area contributed by atoms with Gasteiger partial charge in [0.2, 0.25) is 0 Å². The number of nitrogens with zero attached hydrogens (tertiary/aromatic N) is 1. The average Bonchev–Trinajstić information content (AvgIpc) is 3.58.